The molecule has 5 heteroatoms. The van der Waals surface area contributed by atoms with Gasteiger partial charge in [-0.1, -0.05) is 37.3 Å². The van der Waals surface area contributed by atoms with Crippen LogP contribution >= 0.6 is 0 Å². The number of hydrogen-bond donors (Lipinski definition) is 3. The molecule has 0 radical (unpaired) electrons. The molecule has 0 amide bonds. The van der Waals surface area contributed by atoms with E-state index < -0.39 is 0 Å². The average Bonchev–Trinajstić information content (AvgIpc) is 3.20. The van der Waals surface area contributed by atoms with Gasteiger partial charge in [-0.2, -0.15) is 5.10 Å². The summed E-state index contributed by atoms with van der Waals surface area (Å²) in [6.45, 7) is 2.90. The van der Waals surface area contributed by atoms with E-state index in [9.17, 15) is 0 Å². The predicted octanol–water partition coefficient (Wildman–Crippen LogP) is 3.04. The van der Waals surface area contributed by atoms with Crippen molar-refractivity contribution in [2.75, 3.05) is 0 Å². The molecule has 0 aliphatic rings. The van der Waals surface area contributed by atoms with E-state index in [0.717, 1.165) is 35.6 Å². The smallest absolute Gasteiger partial charge is 0.123 e. The van der Waals surface area contributed by atoms with Crippen molar-refractivity contribution in [3.63, 3.8) is 0 Å². The molecule has 0 fully saturated rings. The number of nitrogens with zero attached hydrogens (tertiary/aromatic N) is 2. The Morgan fingerprint density at radius 3 is 2.81 bits per heavy atom. The number of imidazole rings is 1. The van der Waals surface area contributed by atoms with Gasteiger partial charge in [-0.25, -0.2) is 4.98 Å². The number of benzene rings is 1. The number of rotatable bonds is 6. The van der Waals surface area contributed by atoms with Crippen LogP contribution in [0, 0.1) is 0 Å². The molecular weight excluding hydrogens is 262 g/mol. The minimum absolute atomic E-state index is 0.221. The molecule has 21 heavy (non-hydrogen) atoms. The van der Waals surface area contributed by atoms with Crippen LogP contribution in [0.2, 0.25) is 0 Å². The SMILES string of the molecule is CCC(NCc1cn[nH]c1-c1ccccc1)c1ncc[nH]1. The van der Waals surface area contributed by atoms with Gasteiger partial charge >= 0.3 is 0 Å². The van der Waals surface area contributed by atoms with Crippen molar-refractivity contribution in [2.24, 2.45) is 0 Å². The minimum Gasteiger partial charge on any atom is -0.347 e. The number of hydrogen-bond acceptors (Lipinski definition) is 3. The van der Waals surface area contributed by atoms with Gasteiger partial charge in [0.2, 0.25) is 0 Å². The van der Waals surface area contributed by atoms with Gasteiger partial charge < -0.3 is 10.3 Å². The lowest BCUT2D eigenvalue weighted by Gasteiger charge is -2.14. The second kappa shape index (κ2) is 6.37. The summed E-state index contributed by atoms with van der Waals surface area (Å²) in [4.78, 5) is 7.49. The maximum atomic E-state index is 4.33. The second-order valence-electron chi connectivity index (χ2n) is 4.95. The Morgan fingerprint density at radius 1 is 1.24 bits per heavy atom. The fourth-order valence-corrected chi connectivity index (χ4v) is 2.44. The van der Waals surface area contributed by atoms with Gasteiger partial charge in [-0.15, -0.1) is 0 Å². The van der Waals surface area contributed by atoms with E-state index in [2.05, 4.69) is 44.5 Å². The van der Waals surface area contributed by atoms with Gasteiger partial charge in [0.05, 0.1) is 17.9 Å². The third-order valence-electron chi connectivity index (χ3n) is 3.58. The van der Waals surface area contributed by atoms with Crippen LogP contribution in [-0.4, -0.2) is 20.2 Å². The standard InChI is InChI=1S/C16H19N5/c1-2-14(16-17-8-9-18-16)19-10-13-11-20-21-15(13)12-6-4-3-5-7-12/h3-9,11,14,19H,2,10H2,1H3,(H,17,18)(H,20,21). The van der Waals surface area contributed by atoms with Crippen LogP contribution in [0.25, 0.3) is 11.3 Å². The van der Waals surface area contributed by atoms with Gasteiger partial charge in [0.25, 0.3) is 0 Å². The van der Waals surface area contributed by atoms with Crippen LogP contribution in [0.15, 0.2) is 48.9 Å². The van der Waals surface area contributed by atoms with Crippen molar-refractivity contribution in [1.82, 2.24) is 25.5 Å². The highest BCUT2D eigenvalue weighted by Crippen LogP contribution is 2.21. The lowest BCUT2D eigenvalue weighted by Crippen LogP contribution is -2.21. The molecule has 0 saturated carbocycles. The molecule has 0 spiro atoms. The Balaban J connectivity index is 1.73. The van der Waals surface area contributed by atoms with Gasteiger partial charge in [0.1, 0.15) is 5.82 Å². The van der Waals surface area contributed by atoms with Gasteiger partial charge in [-0.3, -0.25) is 5.10 Å². The summed E-state index contributed by atoms with van der Waals surface area (Å²) >= 11 is 0. The van der Waals surface area contributed by atoms with Crippen LogP contribution in [0.3, 0.4) is 0 Å². The summed E-state index contributed by atoms with van der Waals surface area (Å²) in [5.41, 5.74) is 3.38. The fraction of sp³-hybridized carbons (Fsp3) is 0.250. The van der Waals surface area contributed by atoms with Gasteiger partial charge in [0.15, 0.2) is 0 Å². The largest absolute Gasteiger partial charge is 0.347 e. The molecule has 2 aromatic heterocycles. The van der Waals surface area contributed by atoms with Crippen molar-refractivity contribution in [3.05, 3.63) is 60.3 Å². The van der Waals surface area contributed by atoms with Crippen molar-refractivity contribution < 1.29 is 0 Å². The molecule has 0 bridgehead atoms. The van der Waals surface area contributed by atoms with Crippen LogP contribution in [-0.2, 0) is 6.54 Å². The van der Waals surface area contributed by atoms with Crippen LogP contribution < -0.4 is 5.32 Å². The van der Waals surface area contributed by atoms with E-state index in [4.69, 9.17) is 0 Å². The first-order valence-corrected chi connectivity index (χ1v) is 7.18. The Labute approximate surface area is 123 Å². The molecule has 108 valence electrons. The zero-order valence-electron chi connectivity index (χ0n) is 12.0. The Hall–Kier alpha value is -2.40. The van der Waals surface area contributed by atoms with E-state index in [0.29, 0.717) is 0 Å². The monoisotopic (exact) mass is 281 g/mol. The van der Waals surface area contributed by atoms with Crippen molar-refractivity contribution >= 4 is 0 Å². The predicted molar refractivity (Wildman–Crippen MR) is 82.5 cm³/mol. The van der Waals surface area contributed by atoms with E-state index in [1.807, 2.05) is 30.6 Å². The summed E-state index contributed by atoms with van der Waals surface area (Å²) < 4.78 is 0. The Kier molecular flexibility index (Phi) is 4.12. The normalized spacial score (nSPS) is 12.4. The quantitative estimate of drug-likeness (QED) is 0.650. The molecule has 0 aliphatic carbocycles. The number of aromatic nitrogens is 4. The third kappa shape index (κ3) is 3.03. The lowest BCUT2D eigenvalue weighted by molar-refractivity contribution is 0.498. The van der Waals surface area contributed by atoms with Crippen LogP contribution in [0.5, 0.6) is 0 Å². The molecule has 3 aromatic rings. The summed E-state index contributed by atoms with van der Waals surface area (Å²) in [7, 11) is 0. The molecule has 3 rings (SSSR count). The maximum absolute atomic E-state index is 4.33. The molecule has 2 heterocycles. The fourth-order valence-electron chi connectivity index (χ4n) is 2.44. The maximum Gasteiger partial charge on any atom is 0.123 e. The molecular formula is C16H19N5. The topological polar surface area (TPSA) is 69.4 Å². The highest BCUT2D eigenvalue weighted by atomic mass is 15.1. The van der Waals surface area contributed by atoms with Crippen molar-refractivity contribution in [3.8, 4) is 11.3 Å². The zero-order valence-corrected chi connectivity index (χ0v) is 12.0. The molecule has 1 aromatic carbocycles. The summed E-state index contributed by atoms with van der Waals surface area (Å²) in [5, 5.41) is 10.8. The van der Waals surface area contributed by atoms with E-state index in [-0.39, 0.29) is 6.04 Å². The Bertz CT molecular complexity index is 657. The number of nitrogens with one attached hydrogen (secondary N) is 3. The van der Waals surface area contributed by atoms with Gasteiger partial charge in [0, 0.05) is 24.5 Å². The number of aromatic amines is 2. The highest BCUT2D eigenvalue weighted by molar-refractivity contribution is 5.62. The molecule has 1 unspecified atom stereocenters. The average molecular weight is 281 g/mol. The van der Waals surface area contributed by atoms with E-state index >= 15 is 0 Å². The first-order chi connectivity index (χ1) is 10.4. The summed E-state index contributed by atoms with van der Waals surface area (Å²) in [6.07, 6.45) is 6.50. The van der Waals surface area contributed by atoms with Gasteiger partial charge in [-0.05, 0) is 12.0 Å². The van der Waals surface area contributed by atoms with Crippen molar-refractivity contribution in [1.29, 1.82) is 0 Å². The van der Waals surface area contributed by atoms with Crippen molar-refractivity contribution in [2.45, 2.75) is 25.9 Å². The van der Waals surface area contributed by atoms with Crippen LogP contribution in [0.4, 0.5) is 0 Å². The number of H-pyrrole nitrogens is 2. The summed E-state index contributed by atoms with van der Waals surface area (Å²) in [6, 6.07) is 10.5. The molecule has 1 atom stereocenters. The summed E-state index contributed by atoms with van der Waals surface area (Å²) in [5.74, 6) is 0.974. The highest BCUT2D eigenvalue weighted by Gasteiger charge is 2.13. The first kappa shape index (κ1) is 13.6. The third-order valence-corrected chi connectivity index (χ3v) is 3.58. The molecule has 0 aliphatic heterocycles. The molecule has 0 saturated heterocycles. The van der Waals surface area contributed by atoms with E-state index in [1.165, 1.54) is 0 Å². The van der Waals surface area contributed by atoms with E-state index in [1.54, 1.807) is 6.20 Å². The molecule has 3 N–H and O–H groups in total. The molecule has 5 nitrogen and oxygen atoms in total. The van der Waals surface area contributed by atoms with Crippen LogP contribution in [0.1, 0.15) is 30.8 Å². The Morgan fingerprint density at radius 2 is 2.10 bits per heavy atom. The lowest BCUT2D eigenvalue weighted by atomic mass is 10.1. The zero-order chi connectivity index (χ0) is 14.5. The minimum atomic E-state index is 0.221. The second-order valence-corrected chi connectivity index (χ2v) is 4.95. The first-order valence-electron chi connectivity index (χ1n) is 7.18.